The van der Waals surface area contributed by atoms with Crippen molar-refractivity contribution in [3.63, 3.8) is 0 Å². The second-order valence-electron chi connectivity index (χ2n) is 3.78. The topological polar surface area (TPSA) is 71.9 Å². The molecule has 0 spiro atoms. The van der Waals surface area contributed by atoms with Gasteiger partial charge in [0.2, 0.25) is 5.82 Å². The van der Waals surface area contributed by atoms with Crippen LogP contribution in [0.3, 0.4) is 0 Å². The number of hydrogen-bond donors (Lipinski definition) is 1. The SMILES string of the molecule is Cc1ccc(C(=O)n2cc(F)c(=O)[nH]c2=O)cc1. The van der Waals surface area contributed by atoms with Crippen LogP contribution in [0.5, 0.6) is 0 Å². The Bertz CT molecular complexity index is 713. The van der Waals surface area contributed by atoms with E-state index >= 15 is 0 Å². The summed E-state index contributed by atoms with van der Waals surface area (Å²) in [5.41, 5.74) is -0.930. The number of aromatic amines is 1. The van der Waals surface area contributed by atoms with Crippen molar-refractivity contribution in [2.45, 2.75) is 6.92 Å². The van der Waals surface area contributed by atoms with Crippen LogP contribution in [-0.2, 0) is 0 Å². The molecule has 18 heavy (non-hydrogen) atoms. The Balaban J connectivity index is 2.53. The summed E-state index contributed by atoms with van der Waals surface area (Å²) in [6.07, 6.45) is 0.587. The molecule has 1 aromatic carbocycles. The molecule has 0 unspecified atom stereocenters. The number of hydrogen-bond acceptors (Lipinski definition) is 3. The lowest BCUT2D eigenvalue weighted by atomic mass is 10.1. The standard InChI is InChI=1S/C12H9FN2O3/c1-7-2-4-8(5-3-7)11(17)15-6-9(13)10(16)14-12(15)18/h2-6H,1H3,(H,14,16,18). The van der Waals surface area contributed by atoms with E-state index in [0.717, 1.165) is 5.56 Å². The van der Waals surface area contributed by atoms with Gasteiger partial charge in [-0.1, -0.05) is 17.7 Å². The minimum Gasteiger partial charge on any atom is -0.271 e. The first-order valence-corrected chi connectivity index (χ1v) is 5.12. The van der Waals surface area contributed by atoms with Crippen LogP contribution < -0.4 is 11.2 Å². The molecular weight excluding hydrogens is 239 g/mol. The van der Waals surface area contributed by atoms with Gasteiger partial charge in [-0.3, -0.25) is 14.6 Å². The monoisotopic (exact) mass is 248 g/mol. The third-order valence-corrected chi connectivity index (χ3v) is 2.42. The van der Waals surface area contributed by atoms with E-state index in [9.17, 15) is 18.8 Å². The van der Waals surface area contributed by atoms with Gasteiger partial charge in [0.25, 0.3) is 11.5 Å². The molecule has 0 saturated heterocycles. The van der Waals surface area contributed by atoms with Crippen LogP contribution in [0.25, 0.3) is 0 Å². The van der Waals surface area contributed by atoms with Gasteiger partial charge in [0.15, 0.2) is 0 Å². The summed E-state index contributed by atoms with van der Waals surface area (Å²) in [5.74, 6) is -1.88. The number of carbonyl (C=O) groups is 1. The summed E-state index contributed by atoms with van der Waals surface area (Å²) in [5, 5.41) is 0. The fraction of sp³-hybridized carbons (Fsp3) is 0.0833. The molecule has 5 nitrogen and oxygen atoms in total. The molecule has 6 heteroatoms. The average molecular weight is 248 g/mol. The molecule has 0 fully saturated rings. The largest absolute Gasteiger partial charge is 0.335 e. The number of aryl methyl sites for hydroxylation is 1. The summed E-state index contributed by atoms with van der Waals surface area (Å²) in [6, 6.07) is 6.43. The van der Waals surface area contributed by atoms with Crippen molar-refractivity contribution >= 4 is 5.91 Å². The van der Waals surface area contributed by atoms with Crippen molar-refractivity contribution in [1.82, 2.24) is 9.55 Å². The fourth-order valence-corrected chi connectivity index (χ4v) is 1.43. The van der Waals surface area contributed by atoms with Gasteiger partial charge in [0.1, 0.15) is 0 Å². The van der Waals surface area contributed by atoms with Crippen LogP contribution in [0.1, 0.15) is 15.9 Å². The fourth-order valence-electron chi connectivity index (χ4n) is 1.43. The molecule has 2 rings (SSSR count). The zero-order chi connectivity index (χ0) is 13.3. The van der Waals surface area contributed by atoms with E-state index in [1.54, 1.807) is 17.1 Å². The van der Waals surface area contributed by atoms with E-state index in [4.69, 9.17) is 0 Å². The van der Waals surface area contributed by atoms with Crippen LogP contribution in [0.2, 0.25) is 0 Å². The van der Waals surface area contributed by atoms with Crippen molar-refractivity contribution in [3.8, 4) is 0 Å². The Morgan fingerprint density at radius 1 is 1.22 bits per heavy atom. The molecule has 1 N–H and O–H groups in total. The first kappa shape index (κ1) is 12.0. The van der Waals surface area contributed by atoms with Crippen molar-refractivity contribution in [3.05, 3.63) is 68.2 Å². The van der Waals surface area contributed by atoms with E-state index < -0.39 is 23.0 Å². The maximum Gasteiger partial charge on any atom is 0.335 e. The van der Waals surface area contributed by atoms with Gasteiger partial charge in [0, 0.05) is 5.56 Å². The predicted octanol–water partition coefficient (Wildman–Crippen LogP) is 0.673. The van der Waals surface area contributed by atoms with Crippen LogP contribution in [-0.4, -0.2) is 15.5 Å². The van der Waals surface area contributed by atoms with Gasteiger partial charge < -0.3 is 0 Å². The third kappa shape index (κ3) is 2.13. The molecule has 1 aromatic heterocycles. The Kier molecular flexibility index (Phi) is 2.93. The van der Waals surface area contributed by atoms with Gasteiger partial charge in [-0.05, 0) is 19.1 Å². The number of halogens is 1. The zero-order valence-corrected chi connectivity index (χ0v) is 9.44. The lowest BCUT2D eigenvalue weighted by molar-refractivity contribution is 0.0952. The normalized spacial score (nSPS) is 10.3. The quantitative estimate of drug-likeness (QED) is 0.806. The maximum atomic E-state index is 13.0. The lowest BCUT2D eigenvalue weighted by Crippen LogP contribution is -2.35. The van der Waals surface area contributed by atoms with E-state index in [-0.39, 0.29) is 5.56 Å². The molecule has 0 amide bonds. The highest BCUT2D eigenvalue weighted by Crippen LogP contribution is 2.04. The highest BCUT2D eigenvalue weighted by Gasteiger charge is 2.12. The predicted molar refractivity (Wildman–Crippen MR) is 62.2 cm³/mol. The van der Waals surface area contributed by atoms with Crippen molar-refractivity contribution in [1.29, 1.82) is 0 Å². The first-order chi connectivity index (χ1) is 8.49. The van der Waals surface area contributed by atoms with E-state index in [2.05, 4.69) is 0 Å². The van der Waals surface area contributed by atoms with Gasteiger partial charge in [-0.2, -0.15) is 4.39 Å². The number of nitrogens with zero attached hydrogens (tertiary/aromatic N) is 1. The molecular formula is C12H9FN2O3. The molecule has 0 aliphatic rings. The summed E-state index contributed by atoms with van der Waals surface area (Å²) in [7, 11) is 0. The summed E-state index contributed by atoms with van der Waals surface area (Å²) < 4.78 is 13.6. The molecule has 0 bridgehead atoms. The molecule has 0 atom stereocenters. The second kappa shape index (κ2) is 4.40. The Morgan fingerprint density at radius 3 is 2.44 bits per heavy atom. The Hall–Kier alpha value is -2.50. The number of nitrogens with one attached hydrogen (secondary N) is 1. The highest BCUT2D eigenvalue weighted by molar-refractivity contribution is 5.95. The Labute approximate surface area is 101 Å². The van der Waals surface area contributed by atoms with Crippen molar-refractivity contribution in [2.75, 3.05) is 0 Å². The van der Waals surface area contributed by atoms with E-state index in [1.807, 2.05) is 6.92 Å². The minimum atomic E-state index is -1.19. The number of benzene rings is 1. The summed E-state index contributed by atoms with van der Waals surface area (Å²) >= 11 is 0. The lowest BCUT2D eigenvalue weighted by Gasteiger charge is -2.03. The molecule has 1 heterocycles. The summed E-state index contributed by atoms with van der Waals surface area (Å²) in [4.78, 5) is 35.9. The Morgan fingerprint density at radius 2 is 1.83 bits per heavy atom. The maximum absolute atomic E-state index is 13.0. The first-order valence-electron chi connectivity index (χ1n) is 5.12. The number of H-pyrrole nitrogens is 1. The van der Waals surface area contributed by atoms with Crippen LogP contribution in [0, 0.1) is 12.7 Å². The number of carbonyl (C=O) groups excluding carboxylic acids is 1. The zero-order valence-electron chi connectivity index (χ0n) is 9.44. The molecule has 0 aliphatic heterocycles. The van der Waals surface area contributed by atoms with Gasteiger partial charge in [0.05, 0.1) is 6.20 Å². The third-order valence-electron chi connectivity index (χ3n) is 2.42. The molecule has 0 aliphatic carbocycles. The average Bonchev–Trinajstić information content (AvgIpc) is 2.34. The second-order valence-corrected chi connectivity index (χ2v) is 3.78. The minimum absolute atomic E-state index is 0.231. The van der Waals surface area contributed by atoms with Crippen molar-refractivity contribution < 1.29 is 9.18 Å². The summed E-state index contributed by atoms with van der Waals surface area (Å²) in [6.45, 7) is 1.85. The molecule has 0 saturated carbocycles. The van der Waals surface area contributed by atoms with Crippen LogP contribution in [0.15, 0.2) is 40.1 Å². The van der Waals surface area contributed by atoms with Gasteiger partial charge in [-0.25, -0.2) is 9.36 Å². The number of rotatable bonds is 1. The van der Waals surface area contributed by atoms with E-state index in [0.29, 0.717) is 10.8 Å². The molecule has 92 valence electrons. The van der Waals surface area contributed by atoms with Crippen LogP contribution in [0.4, 0.5) is 4.39 Å². The molecule has 0 radical (unpaired) electrons. The smallest absolute Gasteiger partial charge is 0.271 e. The van der Waals surface area contributed by atoms with Gasteiger partial charge >= 0.3 is 5.69 Å². The van der Waals surface area contributed by atoms with E-state index in [1.165, 1.54) is 12.1 Å². The number of aromatic nitrogens is 2. The van der Waals surface area contributed by atoms with Crippen molar-refractivity contribution in [2.24, 2.45) is 0 Å². The van der Waals surface area contributed by atoms with Gasteiger partial charge in [-0.15, -0.1) is 0 Å². The van der Waals surface area contributed by atoms with Crippen LogP contribution >= 0.6 is 0 Å². The molecule has 2 aromatic rings. The highest BCUT2D eigenvalue weighted by atomic mass is 19.1.